The molecule has 1 aliphatic rings. The van der Waals surface area contributed by atoms with Gasteiger partial charge in [0.2, 0.25) is 0 Å². The van der Waals surface area contributed by atoms with Gasteiger partial charge in [0.25, 0.3) is 5.91 Å². The Kier molecular flexibility index (Phi) is 4.28. The highest BCUT2D eigenvalue weighted by atomic mass is 32.2. The molecule has 0 saturated carbocycles. The molecule has 2 heterocycles. The van der Waals surface area contributed by atoms with E-state index in [9.17, 15) is 13.2 Å². The van der Waals surface area contributed by atoms with E-state index in [1.54, 1.807) is 6.07 Å². The van der Waals surface area contributed by atoms with Crippen molar-refractivity contribution in [2.24, 2.45) is 5.73 Å². The number of aromatic amines is 1. The monoisotopic (exact) mass is 401 g/mol. The lowest BCUT2D eigenvalue weighted by Crippen LogP contribution is -2.13. The molecule has 4 rings (SSSR count). The summed E-state index contributed by atoms with van der Waals surface area (Å²) in [5.41, 5.74) is 9.74. The molecular formula is C19H19N3O5S. The third kappa shape index (κ3) is 3.08. The van der Waals surface area contributed by atoms with E-state index in [4.69, 9.17) is 14.7 Å². The summed E-state index contributed by atoms with van der Waals surface area (Å²) in [4.78, 5) is 15.8. The van der Waals surface area contributed by atoms with Crippen molar-refractivity contribution in [1.29, 1.82) is 0 Å². The van der Waals surface area contributed by atoms with Gasteiger partial charge in [0.05, 0.1) is 18.9 Å². The molecule has 0 spiro atoms. The number of nitrogens with two attached hydrogens (primary N) is 1. The first-order valence-electron chi connectivity index (χ1n) is 8.54. The fraction of sp³-hybridized carbons (Fsp3) is 0.211. The maximum Gasteiger partial charge on any atom is 0.306 e. The zero-order chi connectivity index (χ0) is 20.1. The average molecular weight is 401 g/mol. The van der Waals surface area contributed by atoms with E-state index in [0.717, 1.165) is 22.7 Å². The van der Waals surface area contributed by atoms with Crippen LogP contribution < -0.4 is 20.0 Å². The van der Waals surface area contributed by atoms with E-state index >= 15 is 0 Å². The summed E-state index contributed by atoms with van der Waals surface area (Å²) in [5.74, 6) is -0.0343. The van der Waals surface area contributed by atoms with Gasteiger partial charge in [-0.25, -0.2) is 0 Å². The number of hydrogen-bond acceptors (Lipinski definition) is 6. The van der Waals surface area contributed by atoms with Crippen LogP contribution in [0.15, 0.2) is 30.3 Å². The van der Waals surface area contributed by atoms with Crippen LogP contribution in [0.5, 0.6) is 11.5 Å². The number of hydrogen-bond donors (Lipinski definition) is 3. The van der Waals surface area contributed by atoms with Crippen LogP contribution in [0.3, 0.4) is 0 Å². The van der Waals surface area contributed by atoms with Crippen molar-refractivity contribution >= 4 is 26.9 Å². The lowest BCUT2D eigenvalue weighted by Gasteiger charge is -2.15. The molecule has 1 amide bonds. The number of aromatic nitrogens is 1. The summed E-state index contributed by atoms with van der Waals surface area (Å²) in [6.07, 6.45) is 0.948. The average Bonchev–Trinajstić information content (AvgIpc) is 3.24. The molecule has 0 unspecified atom stereocenters. The third-order valence-corrected chi connectivity index (χ3v) is 5.13. The lowest BCUT2D eigenvalue weighted by molar-refractivity contribution is 0.0966. The molecule has 8 nitrogen and oxygen atoms in total. The second-order valence-electron chi connectivity index (χ2n) is 6.59. The first-order chi connectivity index (χ1) is 13.3. The first-order valence-corrected chi connectivity index (χ1v) is 10.4. The fourth-order valence-corrected chi connectivity index (χ4v) is 3.93. The summed E-state index contributed by atoms with van der Waals surface area (Å²) in [6, 6.07) is 9.38. The molecule has 146 valence electrons. The Morgan fingerprint density at radius 2 is 2.00 bits per heavy atom. The Hall–Kier alpha value is -3.04. The van der Waals surface area contributed by atoms with Crippen LogP contribution in [0.25, 0.3) is 22.2 Å². The fourth-order valence-electron chi connectivity index (χ4n) is 3.44. The summed E-state index contributed by atoms with van der Waals surface area (Å²) in [5, 5.41) is 3.68. The number of carbonyl (C=O) groups is 1. The molecule has 0 aliphatic carbocycles. The molecule has 9 heteroatoms. The number of methoxy groups -OCH3 is 1. The van der Waals surface area contributed by atoms with Crippen LogP contribution >= 0.6 is 0 Å². The molecule has 0 saturated heterocycles. The number of fused-ring (bicyclic) bond motifs is 2. The Morgan fingerprint density at radius 3 is 2.68 bits per heavy atom. The van der Waals surface area contributed by atoms with Crippen molar-refractivity contribution in [3.8, 4) is 22.8 Å². The standard InChI is InChI=1S/C19H19N3O5S/c1-26-16-7-12(15-6-11-5-10(8-20)3-4-14(11)22-15)17-13(9-21-19(17)23)18(16)27-28(2,24)25/h3-7,22H,8-9,20H2,1-2H3,(H,21,23). The normalized spacial score (nSPS) is 13.5. The Morgan fingerprint density at radius 1 is 1.21 bits per heavy atom. The summed E-state index contributed by atoms with van der Waals surface area (Å²) in [7, 11) is -2.37. The van der Waals surface area contributed by atoms with Crippen LogP contribution in [0.1, 0.15) is 21.5 Å². The predicted molar refractivity (Wildman–Crippen MR) is 105 cm³/mol. The number of benzene rings is 2. The van der Waals surface area contributed by atoms with Gasteiger partial charge in [0, 0.05) is 40.8 Å². The van der Waals surface area contributed by atoms with Crippen LogP contribution in [0, 0.1) is 0 Å². The van der Waals surface area contributed by atoms with Crippen molar-refractivity contribution in [3.63, 3.8) is 0 Å². The van der Waals surface area contributed by atoms with Crippen molar-refractivity contribution in [1.82, 2.24) is 10.3 Å². The molecule has 28 heavy (non-hydrogen) atoms. The van der Waals surface area contributed by atoms with Gasteiger partial charge in [-0.2, -0.15) is 8.42 Å². The van der Waals surface area contributed by atoms with E-state index in [1.165, 1.54) is 7.11 Å². The zero-order valence-corrected chi connectivity index (χ0v) is 16.1. The molecule has 2 aromatic carbocycles. The quantitative estimate of drug-likeness (QED) is 0.561. The van der Waals surface area contributed by atoms with E-state index < -0.39 is 10.1 Å². The van der Waals surface area contributed by atoms with E-state index in [-0.39, 0.29) is 24.0 Å². The van der Waals surface area contributed by atoms with Crippen LogP contribution in [-0.2, 0) is 23.2 Å². The molecule has 0 atom stereocenters. The number of H-pyrrole nitrogens is 1. The number of carbonyl (C=O) groups excluding carboxylic acids is 1. The van der Waals surface area contributed by atoms with Gasteiger partial charge in [-0.3, -0.25) is 4.79 Å². The van der Waals surface area contributed by atoms with Crippen molar-refractivity contribution in [2.75, 3.05) is 13.4 Å². The van der Waals surface area contributed by atoms with E-state index in [2.05, 4.69) is 10.3 Å². The van der Waals surface area contributed by atoms with Crippen LogP contribution in [0.2, 0.25) is 0 Å². The topological polar surface area (TPSA) is 124 Å². The van der Waals surface area contributed by atoms with E-state index in [0.29, 0.717) is 28.9 Å². The van der Waals surface area contributed by atoms with Gasteiger partial charge < -0.3 is 25.0 Å². The smallest absolute Gasteiger partial charge is 0.306 e. The highest BCUT2D eigenvalue weighted by Crippen LogP contribution is 2.43. The van der Waals surface area contributed by atoms with Crippen LogP contribution in [-0.4, -0.2) is 32.7 Å². The number of amides is 1. The number of nitrogens with one attached hydrogen (secondary N) is 2. The summed E-state index contributed by atoms with van der Waals surface area (Å²) < 4.78 is 33.9. The molecule has 3 aromatic rings. The molecular weight excluding hydrogens is 382 g/mol. The lowest BCUT2D eigenvalue weighted by atomic mass is 9.98. The summed E-state index contributed by atoms with van der Waals surface area (Å²) >= 11 is 0. The SMILES string of the molecule is COc1cc(-c2cc3cc(CN)ccc3[nH]2)c2c(c1OS(C)(=O)=O)CNC2=O. The Bertz CT molecular complexity index is 1210. The number of rotatable bonds is 5. The highest BCUT2D eigenvalue weighted by Gasteiger charge is 2.31. The maximum atomic E-state index is 12.5. The minimum Gasteiger partial charge on any atom is -0.493 e. The second-order valence-corrected chi connectivity index (χ2v) is 8.16. The van der Waals surface area contributed by atoms with Gasteiger partial charge in [-0.15, -0.1) is 0 Å². The molecule has 0 bridgehead atoms. The van der Waals surface area contributed by atoms with Crippen molar-refractivity contribution in [2.45, 2.75) is 13.1 Å². The molecule has 4 N–H and O–H groups in total. The van der Waals surface area contributed by atoms with Gasteiger partial charge in [0.15, 0.2) is 11.5 Å². The first kappa shape index (κ1) is 18.3. The molecule has 0 radical (unpaired) electrons. The predicted octanol–water partition coefficient (Wildman–Crippen LogP) is 1.88. The van der Waals surface area contributed by atoms with Crippen molar-refractivity contribution < 1.29 is 22.1 Å². The van der Waals surface area contributed by atoms with Gasteiger partial charge in [-0.1, -0.05) is 6.07 Å². The summed E-state index contributed by atoms with van der Waals surface area (Å²) in [6.45, 7) is 0.584. The molecule has 1 aromatic heterocycles. The van der Waals surface area contributed by atoms with Gasteiger partial charge in [-0.05, 0) is 29.8 Å². The second kappa shape index (κ2) is 6.54. The third-order valence-electron chi connectivity index (χ3n) is 4.66. The minimum absolute atomic E-state index is 0.0311. The Labute approximate surface area is 161 Å². The molecule has 1 aliphatic heterocycles. The largest absolute Gasteiger partial charge is 0.493 e. The van der Waals surface area contributed by atoms with Gasteiger partial charge >= 0.3 is 10.1 Å². The Balaban J connectivity index is 1.95. The highest BCUT2D eigenvalue weighted by molar-refractivity contribution is 7.86. The number of ether oxygens (including phenoxy) is 1. The molecule has 0 fully saturated rings. The van der Waals surface area contributed by atoms with Gasteiger partial charge in [0.1, 0.15) is 0 Å². The van der Waals surface area contributed by atoms with Crippen LogP contribution in [0.4, 0.5) is 0 Å². The maximum absolute atomic E-state index is 12.5. The minimum atomic E-state index is -3.79. The zero-order valence-electron chi connectivity index (χ0n) is 15.3. The van der Waals surface area contributed by atoms with Crippen molar-refractivity contribution in [3.05, 3.63) is 47.0 Å². The van der Waals surface area contributed by atoms with E-state index in [1.807, 2.05) is 24.3 Å².